The normalized spacial score (nSPS) is 11.3. The zero-order valence-electron chi connectivity index (χ0n) is 13.6. The van der Waals surface area contributed by atoms with E-state index in [1.54, 1.807) is 30.3 Å². The zero-order chi connectivity index (χ0) is 18.3. The number of aliphatic hydroxyl groups excluding tert-OH is 1. The minimum atomic E-state index is -0.353. The number of anilines is 2. The molecule has 4 rings (SSSR count). The number of hydrogen-bond donors (Lipinski definition) is 3. The summed E-state index contributed by atoms with van der Waals surface area (Å²) in [6, 6.07) is 9.68. The largest absolute Gasteiger partial charge is 0.457 e. The molecule has 0 fully saturated rings. The number of nitrogens with zero attached hydrogens (tertiary/aromatic N) is 4. The van der Waals surface area contributed by atoms with E-state index in [1.807, 2.05) is 0 Å². The van der Waals surface area contributed by atoms with Gasteiger partial charge in [0.2, 0.25) is 5.95 Å². The molecule has 0 amide bonds. The molecule has 0 radical (unpaired) electrons. The highest BCUT2D eigenvalue weighted by Crippen LogP contribution is 2.32. The van der Waals surface area contributed by atoms with E-state index in [0.717, 1.165) is 0 Å². The summed E-state index contributed by atoms with van der Waals surface area (Å²) in [6.45, 7) is -0.112. The summed E-state index contributed by atoms with van der Waals surface area (Å²) in [5.41, 5.74) is 12.9. The number of benzene rings is 1. The third-order valence-corrected chi connectivity index (χ3v) is 3.97. The minimum absolute atomic E-state index is 0.00766. The van der Waals surface area contributed by atoms with E-state index in [9.17, 15) is 9.50 Å². The molecule has 0 aliphatic rings. The first-order valence-electron chi connectivity index (χ1n) is 7.79. The Morgan fingerprint density at radius 1 is 1.12 bits per heavy atom. The van der Waals surface area contributed by atoms with Gasteiger partial charge < -0.3 is 21.0 Å². The third kappa shape index (κ3) is 2.64. The lowest BCUT2D eigenvalue weighted by molar-refractivity contribution is 0.248. The quantitative estimate of drug-likeness (QED) is 0.510. The van der Waals surface area contributed by atoms with Gasteiger partial charge in [-0.1, -0.05) is 18.2 Å². The molecule has 5 N–H and O–H groups in total. The molecule has 26 heavy (non-hydrogen) atoms. The smallest absolute Gasteiger partial charge is 0.224 e. The van der Waals surface area contributed by atoms with Crippen molar-refractivity contribution in [2.75, 3.05) is 11.5 Å². The Hall–Kier alpha value is -3.46. The van der Waals surface area contributed by atoms with Crippen LogP contribution >= 0.6 is 0 Å². The van der Waals surface area contributed by atoms with Gasteiger partial charge in [-0.15, -0.1) is 0 Å². The summed E-state index contributed by atoms with van der Waals surface area (Å²) >= 11 is 0. The Morgan fingerprint density at radius 3 is 2.65 bits per heavy atom. The highest BCUT2D eigenvalue weighted by molar-refractivity contribution is 5.97. The molecular weight excluding hydrogens is 339 g/mol. The second kappa shape index (κ2) is 6.12. The number of halogens is 1. The number of hydrogen-bond acceptors (Lipinski definition) is 7. The van der Waals surface area contributed by atoms with Gasteiger partial charge >= 0.3 is 0 Å². The van der Waals surface area contributed by atoms with E-state index in [1.165, 1.54) is 10.7 Å². The maximum absolute atomic E-state index is 14.0. The summed E-state index contributed by atoms with van der Waals surface area (Å²) in [5, 5.41) is 14.1. The molecule has 0 aliphatic carbocycles. The molecule has 9 heteroatoms. The van der Waals surface area contributed by atoms with E-state index in [0.29, 0.717) is 33.8 Å². The van der Waals surface area contributed by atoms with Gasteiger partial charge in [-0.25, -0.2) is 9.07 Å². The van der Waals surface area contributed by atoms with Gasteiger partial charge in [0.05, 0.1) is 11.9 Å². The van der Waals surface area contributed by atoms with Crippen LogP contribution in [0, 0.1) is 5.82 Å². The average molecular weight is 354 g/mol. The third-order valence-electron chi connectivity index (χ3n) is 3.97. The SMILES string of the molecule is Nc1nc(N)c2c(-c3ccc(CO)o3)nn(Cc3ccccc3F)c2n1. The molecule has 0 aliphatic heterocycles. The average Bonchev–Trinajstić information content (AvgIpc) is 3.22. The van der Waals surface area contributed by atoms with Crippen molar-refractivity contribution in [3.8, 4) is 11.5 Å². The van der Waals surface area contributed by atoms with Crippen LogP contribution in [0.25, 0.3) is 22.5 Å². The predicted octanol–water partition coefficient (Wildman–Crippen LogP) is 1.93. The molecule has 1 aromatic carbocycles. The first kappa shape index (κ1) is 16.0. The fourth-order valence-corrected chi connectivity index (χ4v) is 2.78. The van der Waals surface area contributed by atoms with E-state index in [2.05, 4.69) is 15.1 Å². The zero-order valence-corrected chi connectivity index (χ0v) is 13.6. The molecule has 0 saturated heterocycles. The molecule has 132 valence electrons. The van der Waals surface area contributed by atoms with Crippen molar-refractivity contribution in [2.45, 2.75) is 13.2 Å². The maximum atomic E-state index is 14.0. The Bertz CT molecular complexity index is 1100. The monoisotopic (exact) mass is 354 g/mol. The first-order valence-corrected chi connectivity index (χ1v) is 7.79. The van der Waals surface area contributed by atoms with Gasteiger partial charge in [0, 0.05) is 5.56 Å². The number of nitrogens with two attached hydrogens (primary N) is 2. The minimum Gasteiger partial charge on any atom is -0.457 e. The molecule has 0 atom stereocenters. The summed E-state index contributed by atoms with van der Waals surface area (Å²) in [6.07, 6.45) is 0. The number of fused-ring (bicyclic) bond motifs is 1. The first-order chi connectivity index (χ1) is 12.6. The van der Waals surface area contributed by atoms with Crippen LogP contribution in [0.4, 0.5) is 16.2 Å². The lowest BCUT2D eigenvalue weighted by Gasteiger charge is -2.05. The Morgan fingerprint density at radius 2 is 1.92 bits per heavy atom. The van der Waals surface area contributed by atoms with E-state index in [4.69, 9.17) is 15.9 Å². The lowest BCUT2D eigenvalue weighted by Crippen LogP contribution is -2.06. The number of aliphatic hydroxyl groups is 1. The van der Waals surface area contributed by atoms with Crippen LogP contribution in [0.3, 0.4) is 0 Å². The summed E-state index contributed by atoms with van der Waals surface area (Å²) in [7, 11) is 0. The van der Waals surface area contributed by atoms with Gasteiger partial charge in [0.1, 0.15) is 29.7 Å². The molecule has 4 aromatic rings. The van der Waals surface area contributed by atoms with Crippen molar-refractivity contribution in [1.29, 1.82) is 0 Å². The van der Waals surface area contributed by atoms with Gasteiger partial charge in [0.25, 0.3) is 0 Å². The van der Waals surface area contributed by atoms with Gasteiger partial charge in [-0.05, 0) is 18.2 Å². The summed E-state index contributed by atoms with van der Waals surface area (Å²) in [5.74, 6) is 0.558. The molecule has 0 spiro atoms. The van der Waals surface area contributed by atoms with Crippen LogP contribution in [0.5, 0.6) is 0 Å². The van der Waals surface area contributed by atoms with Crippen LogP contribution in [-0.4, -0.2) is 24.9 Å². The molecule has 0 bridgehead atoms. The van der Waals surface area contributed by atoms with Crippen molar-refractivity contribution in [1.82, 2.24) is 19.7 Å². The second-order valence-electron chi connectivity index (χ2n) is 5.69. The highest BCUT2D eigenvalue weighted by Gasteiger charge is 2.21. The van der Waals surface area contributed by atoms with Crippen molar-refractivity contribution in [2.24, 2.45) is 0 Å². The molecule has 3 aromatic heterocycles. The topological polar surface area (TPSA) is 129 Å². The summed E-state index contributed by atoms with van der Waals surface area (Å²) < 4.78 is 21.1. The number of aromatic nitrogens is 4. The Kier molecular flexibility index (Phi) is 3.77. The van der Waals surface area contributed by atoms with Crippen LogP contribution in [-0.2, 0) is 13.2 Å². The van der Waals surface area contributed by atoms with Crippen LogP contribution in [0.1, 0.15) is 11.3 Å². The van der Waals surface area contributed by atoms with Gasteiger partial charge in [-0.2, -0.15) is 15.1 Å². The molecule has 3 heterocycles. The predicted molar refractivity (Wildman–Crippen MR) is 93.3 cm³/mol. The summed E-state index contributed by atoms with van der Waals surface area (Å²) in [4.78, 5) is 8.19. The standard InChI is InChI=1S/C17H15FN6O2/c18-11-4-2-1-3-9(11)7-24-16-13(15(19)21-17(20)22-16)14(23-24)12-6-5-10(8-25)26-12/h1-6,25H,7-8H2,(H4,19,20,21,22). The van der Waals surface area contributed by atoms with Crippen molar-refractivity contribution >= 4 is 22.8 Å². The van der Waals surface area contributed by atoms with Crippen molar-refractivity contribution in [3.05, 3.63) is 53.5 Å². The molecular formula is C17H15FN6O2. The highest BCUT2D eigenvalue weighted by atomic mass is 19.1. The Labute approximate surface area is 146 Å². The molecule has 0 saturated carbocycles. The van der Waals surface area contributed by atoms with E-state index in [-0.39, 0.29) is 30.7 Å². The van der Waals surface area contributed by atoms with Crippen LogP contribution in [0.2, 0.25) is 0 Å². The fraction of sp³-hybridized carbons (Fsp3) is 0.118. The lowest BCUT2D eigenvalue weighted by atomic mass is 10.2. The number of rotatable bonds is 4. The second-order valence-corrected chi connectivity index (χ2v) is 5.69. The number of furan rings is 1. The van der Waals surface area contributed by atoms with Crippen LogP contribution in [0.15, 0.2) is 40.8 Å². The van der Waals surface area contributed by atoms with Crippen LogP contribution < -0.4 is 11.5 Å². The molecule has 0 unspecified atom stereocenters. The van der Waals surface area contributed by atoms with Gasteiger partial charge in [0.15, 0.2) is 11.4 Å². The van der Waals surface area contributed by atoms with E-state index < -0.39 is 0 Å². The number of nitrogen functional groups attached to an aromatic ring is 2. The maximum Gasteiger partial charge on any atom is 0.224 e. The Balaban J connectivity index is 1.92. The van der Waals surface area contributed by atoms with Crippen molar-refractivity contribution < 1.29 is 13.9 Å². The van der Waals surface area contributed by atoms with Crippen molar-refractivity contribution in [3.63, 3.8) is 0 Å². The molecule has 8 nitrogen and oxygen atoms in total. The van der Waals surface area contributed by atoms with Gasteiger partial charge in [-0.3, -0.25) is 0 Å². The fourth-order valence-electron chi connectivity index (χ4n) is 2.78. The van der Waals surface area contributed by atoms with E-state index >= 15 is 0 Å².